The maximum Gasteiger partial charge on any atom is 0.186 e. The lowest BCUT2D eigenvalue weighted by Gasteiger charge is -2.40. The average molecular weight is 260 g/mol. The van der Waals surface area contributed by atoms with E-state index in [0.717, 1.165) is 6.42 Å². The minimum atomic E-state index is -3.40. The summed E-state index contributed by atoms with van der Waals surface area (Å²) in [5.41, 5.74) is 5.62. The maximum absolute atomic E-state index is 12.4. The number of nitrogens with two attached hydrogens (primary N) is 1. The van der Waals surface area contributed by atoms with Crippen molar-refractivity contribution >= 4 is 21.4 Å². The SMILES string of the molecule is NCC1(S(=O)(=O)c2ccccc2Cl)CCC1. The first-order valence-corrected chi connectivity index (χ1v) is 7.09. The average Bonchev–Trinajstić information content (AvgIpc) is 2.16. The molecule has 0 radical (unpaired) electrons. The molecule has 1 aliphatic carbocycles. The molecule has 0 aliphatic heterocycles. The first-order valence-electron chi connectivity index (χ1n) is 5.23. The minimum Gasteiger partial charge on any atom is -0.329 e. The standard InChI is InChI=1S/C11H14ClNO2S/c12-9-4-1-2-5-10(9)16(14,15)11(8-13)6-3-7-11/h1-2,4-5H,3,6-8,13H2. The molecule has 16 heavy (non-hydrogen) atoms. The van der Waals surface area contributed by atoms with E-state index in [1.54, 1.807) is 24.3 Å². The van der Waals surface area contributed by atoms with Crippen LogP contribution in [0.5, 0.6) is 0 Å². The summed E-state index contributed by atoms with van der Waals surface area (Å²) in [4.78, 5) is 0.210. The predicted octanol–water partition coefficient (Wildman–Crippen LogP) is 2.00. The minimum absolute atomic E-state index is 0.167. The van der Waals surface area contributed by atoms with Gasteiger partial charge < -0.3 is 5.73 Å². The van der Waals surface area contributed by atoms with Gasteiger partial charge in [-0.15, -0.1) is 0 Å². The lowest BCUT2D eigenvalue weighted by molar-refractivity contribution is 0.344. The van der Waals surface area contributed by atoms with Gasteiger partial charge in [-0.3, -0.25) is 0 Å². The van der Waals surface area contributed by atoms with E-state index in [9.17, 15) is 8.42 Å². The van der Waals surface area contributed by atoms with Crippen LogP contribution in [0.15, 0.2) is 29.2 Å². The van der Waals surface area contributed by atoms with Crippen molar-refractivity contribution in [3.8, 4) is 0 Å². The molecule has 1 saturated carbocycles. The topological polar surface area (TPSA) is 60.2 Å². The molecule has 0 bridgehead atoms. The Hall–Kier alpha value is -0.580. The van der Waals surface area contributed by atoms with Crippen molar-refractivity contribution in [1.29, 1.82) is 0 Å². The van der Waals surface area contributed by atoms with E-state index in [4.69, 9.17) is 17.3 Å². The van der Waals surface area contributed by atoms with E-state index in [1.807, 2.05) is 0 Å². The van der Waals surface area contributed by atoms with E-state index >= 15 is 0 Å². The monoisotopic (exact) mass is 259 g/mol. The van der Waals surface area contributed by atoms with E-state index in [0.29, 0.717) is 12.8 Å². The second-order valence-electron chi connectivity index (χ2n) is 4.17. The highest BCUT2D eigenvalue weighted by Crippen LogP contribution is 2.43. The molecule has 0 saturated heterocycles. The molecular formula is C11H14ClNO2S. The third kappa shape index (κ3) is 1.56. The molecule has 0 heterocycles. The zero-order valence-electron chi connectivity index (χ0n) is 8.82. The number of rotatable bonds is 3. The number of benzene rings is 1. The smallest absolute Gasteiger partial charge is 0.186 e. The van der Waals surface area contributed by atoms with Crippen molar-refractivity contribution in [2.45, 2.75) is 28.9 Å². The largest absolute Gasteiger partial charge is 0.329 e. The Kier molecular flexibility index (Phi) is 2.99. The highest BCUT2D eigenvalue weighted by Gasteiger charge is 2.48. The number of hydrogen-bond donors (Lipinski definition) is 1. The molecule has 88 valence electrons. The zero-order chi connectivity index (χ0) is 11.8. The van der Waals surface area contributed by atoms with Gasteiger partial charge in [-0.1, -0.05) is 30.2 Å². The molecular weight excluding hydrogens is 246 g/mol. The van der Waals surface area contributed by atoms with Gasteiger partial charge in [0.05, 0.1) is 14.7 Å². The Balaban J connectivity index is 2.51. The first kappa shape index (κ1) is 11.9. The molecule has 1 aliphatic rings. The van der Waals surface area contributed by atoms with Crippen LogP contribution in [0.25, 0.3) is 0 Å². The van der Waals surface area contributed by atoms with Gasteiger partial charge >= 0.3 is 0 Å². The Morgan fingerprint density at radius 2 is 1.94 bits per heavy atom. The van der Waals surface area contributed by atoms with Crippen LogP contribution in [0.3, 0.4) is 0 Å². The van der Waals surface area contributed by atoms with Gasteiger partial charge in [-0.05, 0) is 25.0 Å². The van der Waals surface area contributed by atoms with Gasteiger partial charge in [0.1, 0.15) is 0 Å². The van der Waals surface area contributed by atoms with Gasteiger partial charge in [0.25, 0.3) is 0 Å². The molecule has 2 rings (SSSR count). The van der Waals surface area contributed by atoms with Crippen molar-refractivity contribution in [2.24, 2.45) is 5.73 Å². The molecule has 0 aromatic heterocycles. The van der Waals surface area contributed by atoms with Gasteiger partial charge in [0.2, 0.25) is 0 Å². The third-order valence-electron chi connectivity index (χ3n) is 3.33. The van der Waals surface area contributed by atoms with Crippen molar-refractivity contribution in [3.05, 3.63) is 29.3 Å². The van der Waals surface area contributed by atoms with Crippen LogP contribution in [-0.2, 0) is 9.84 Å². The molecule has 3 nitrogen and oxygen atoms in total. The van der Waals surface area contributed by atoms with Crippen molar-refractivity contribution in [3.63, 3.8) is 0 Å². The highest BCUT2D eigenvalue weighted by atomic mass is 35.5. The van der Waals surface area contributed by atoms with Crippen molar-refractivity contribution in [2.75, 3.05) is 6.54 Å². The molecule has 0 atom stereocenters. The molecule has 1 fully saturated rings. The summed E-state index contributed by atoms with van der Waals surface area (Å²) in [5.74, 6) is 0. The Morgan fingerprint density at radius 3 is 2.38 bits per heavy atom. The van der Waals surface area contributed by atoms with Crippen LogP contribution >= 0.6 is 11.6 Å². The third-order valence-corrected chi connectivity index (χ3v) is 6.42. The molecule has 5 heteroatoms. The van der Waals surface area contributed by atoms with Crippen LogP contribution in [0, 0.1) is 0 Å². The van der Waals surface area contributed by atoms with Crippen LogP contribution in [0.2, 0.25) is 5.02 Å². The maximum atomic E-state index is 12.4. The zero-order valence-corrected chi connectivity index (χ0v) is 10.4. The van der Waals surface area contributed by atoms with Gasteiger partial charge in [-0.2, -0.15) is 0 Å². The Labute approximate surface area is 101 Å². The lowest BCUT2D eigenvalue weighted by Crippen LogP contribution is -2.51. The van der Waals surface area contributed by atoms with Crippen LogP contribution < -0.4 is 5.73 Å². The summed E-state index contributed by atoms with van der Waals surface area (Å²) in [6, 6.07) is 6.55. The normalized spacial score (nSPS) is 19.1. The molecule has 1 aromatic carbocycles. The predicted molar refractivity (Wildman–Crippen MR) is 64.3 cm³/mol. The summed E-state index contributed by atoms with van der Waals surface area (Å²) in [7, 11) is -3.40. The fraction of sp³-hybridized carbons (Fsp3) is 0.455. The number of sulfone groups is 1. The molecule has 0 spiro atoms. The Bertz CT molecular complexity index is 489. The van der Waals surface area contributed by atoms with E-state index < -0.39 is 14.6 Å². The molecule has 0 amide bonds. The van der Waals surface area contributed by atoms with E-state index in [1.165, 1.54) is 0 Å². The first-order chi connectivity index (χ1) is 7.53. The summed E-state index contributed by atoms with van der Waals surface area (Å²) in [6.07, 6.45) is 2.19. The van der Waals surface area contributed by atoms with Gasteiger partial charge in [-0.25, -0.2) is 8.42 Å². The molecule has 2 N–H and O–H groups in total. The summed E-state index contributed by atoms with van der Waals surface area (Å²) in [6.45, 7) is 0.167. The highest BCUT2D eigenvalue weighted by molar-refractivity contribution is 7.93. The fourth-order valence-corrected chi connectivity index (χ4v) is 4.58. The fourth-order valence-electron chi connectivity index (χ4n) is 2.05. The van der Waals surface area contributed by atoms with Crippen LogP contribution in [-0.4, -0.2) is 19.7 Å². The summed E-state index contributed by atoms with van der Waals surface area (Å²) in [5, 5.41) is 0.280. The summed E-state index contributed by atoms with van der Waals surface area (Å²) < 4.78 is 24.1. The number of hydrogen-bond acceptors (Lipinski definition) is 3. The Morgan fingerprint density at radius 1 is 1.31 bits per heavy atom. The van der Waals surface area contributed by atoms with Gasteiger partial charge in [0.15, 0.2) is 9.84 Å². The second-order valence-corrected chi connectivity index (χ2v) is 6.89. The molecule has 0 unspecified atom stereocenters. The van der Waals surface area contributed by atoms with E-state index in [-0.39, 0.29) is 16.5 Å². The van der Waals surface area contributed by atoms with Crippen molar-refractivity contribution in [1.82, 2.24) is 0 Å². The number of halogens is 1. The van der Waals surface area contributed by atoms with Crippen LogP contribution in [0.4, 0.5) is 0 Å². The van der Waals surface area contributed by atoms with E-state index in [2.05, 4.69) is 0 Å². The van der Waals surface area contributed by atoms with Gasteiger partial charge in [0, 0.05) is 6.54 Å². The lowest BCUT2D eigenvalue weighted by atomic mass is 9.84. The van der Waals surface area contributed by atoms with Crippen molar-refractivity contribution < 1.29 is 8.42 Å². The van der Waals surface area contributed by atoms with Crippen LogP contribution in [0.1, 0.15) is 19.3 Å². The molecule has 1 aromatic rings. The second kappa shape index (κ2) is 4.02. The summed E-state index contributed by atoms with van der Waals surface area (Å²) >= 11 is 5.93. The quantitative estimate of drug-likeness (QED) is 0.903.